The fourth-order valence-electron chi connectivity index (χ4n) is 2.82. The quantitative estimate of drug-likeness (QED) is 0.698. The zero-order valence-electron chi connectivity index (χ0n) is 16.5. The Kier molecular flexibility index (Phi) is 7.71. The van der Waals surface area contributed by atoms with E-state index in [0.29, 0.717) is 12.1 Å². The van der Waals surface area contributed by atoms with Gasteiger partial charge in [0.1, 0.15) is 5.82 Å². The van der Waals surface area contributed by atoms with E-state index < -0.39 is 6.04 Å². The molecule has 0 bridgehead atoms. The molecule has 0 unspecified atom stereocenters. The van der Waals surface area contributed by atoms with E-state index >= 15 is 0 Å². The molecule has 0 aromatic heterocycles. The maximum absolute atomic E-state index is 13.3. The predicted molar refractivity (Wildman–Crippen MR) is 112 cm³/mol. The van der Waals surface area contributed by atoms with Gasteiger partial charge in [0.25, 0.3) is 0 Å². The Labute approximate surface area is 173 Å². The second kappa shape index (κ2) is 9.80. The number of amides is 2. The predicted octanol–water partition coefficient (Wildman–Crippen LogP) is 3.81. The van der Waals surface area contributed by atoms with Crippen LogP contribution in [0.25, 0.3) is 0 Å². The van der Waals surface area contributed by atoms with Gasteiger partial charge in [0.2, 0.25) is 11.8 Å². The zero-order chi connectivity index (χ0) is 20.8. The summed E-state index contributed by atoms with van der Waals surface area (Å²) < 4.78 is 14.3. The summed E-state index contributed by atoms with van der Waals surface area (Å²) in [6, 6.07) is 11.3. The van der Waals surface area contributed by atoms with Crippen LogP contribution in [-0.4, -0.2) is 48.3 Å². The normalized spacial score (nSPS) is 12.0. The summed E-state index contributed by atoms with van der Waals surface area (Å²) in [6.45, 7) is 4.05. The van der Waals surface area contributed by atoms with Gasteiger partial charge in [0, 0.05) is 23.8 Å². The molecular weight excluding hydrogens is 425 g/mol. The van der Waals surface area contributed by atoms with Crippen LogP contribution in [0.15, 0.2) is 46.9 Å². The molecule has 2 aromatic rings. The molecule has 0 saturated carbocycles. The van der Waals surface area contributed by atoms with Crippen molar-refractivity contribution in [2.75, 3.05) is 26.0 Å². The topological polar surface area (TPSA) is 52.7 Å². The van der Waals surface area contributed by atoms with Crippen molar-refractivity contribution in [2.24, 2.45) is 0 Å². The number of benzene rings is 2. The second-order valence-electron chi connectivity index (χ2n) is 6.92. The monoisotopic (exact) mass is 449 g/mol. The Bertz CT molecular complexity index is 859. The third kappa shape index (κ3) is 6.14. The lowest BCUT2D eigenvalue weighted by atomic mass is 10.2. The number of halogens is 2. The molecule has 0 saturated heterocycles. The van der Waals surface area contributed by atoms with Crippen LogP contribution < -0.4 is 5.32 Å². The smallest absolute Gasteiger partial charge is 0.239 e. The van der Waals surface area contributed by atoms with Crippen molar-refractivity contribution in [1.82, 2.24) is 9.80 Å². The van der Waals surface area contributed by atoms with Gasteiger partial charge >= 0.3 is 0 Å². The highest BCUT2D eigenvalue weighted by molar-refractivity contribution is 9.10. The molecule has 0 aliphatic rings. The van der Waals surface area contributed by atoms with E-state index in [0.717, 1.165) is 15.7 Å². The summed E-state index contributed by atoms with van der Waals surface area (Å²) in [4.78, 5) is 28.2. The maximum atomic E-state index is 13.3. The maximum Gasteiger partial charge on any atom is 0.239 e. The second-order valence-corrected chi connectivity index (χ2v) is 7.84. The number of rotatable bonds is 7. The summed E-state index contributed by atoms with van der Waals surface area (Å²) in [7, 11) is 3.40. The van der Waals surface area contributed by atoms with Crippen LogP contribution in [0.5, 0.6) is 0 Å². The van der Waals surface area contributed by atoms with E-state index in [2.05, 4.69) is 21.2 Å². The first-order valence-corrected chi connectivity index (χ1v) is 9.72. The van der Waals surface area contributed by atoms with Crippen LogP contribution in [0, 0.1) is 12.7 Å². The van der Waals surface area contributed by atoms with Crippen LogP contribution in [0.4, 0.5) is 10.1 Å². The number of nitrogens with zero attached hydrogens (tertiary/aromatic N) is 2. The van der Waals surface area contributed by atoms with Crippen molar-refractivity contribution >= 4 is 33.4 Å². The highest BCUT2D eigenvalue weighted by Crippen LogP contribution is 2.20. The molecule has 0 aliphatic carbocycles. The minimum atomic E-state index is -0.490. The van der Waals surface area contributed by atoms with Crippen molar-refractivity contribution in [2.45, 2.75) is 26.4 Å². The summed E-state index contributed by atoms with van der Waals surface area (Å²) >= 11 is 3.39. The molecule has 1 atom stereocenters. The number of aryl methyl sites for hydroxylation is 1. The fourth-order valence-corrected chi connectivity index (χ4v) is 3.29. The van der Waals surface area contributed by atoms with E-state index in [1.54, 1.807) is 38.1 Å². The molecule has 150 valence electrons. The molecule has 0 aliphatic heterocycles. The Balaban J connectivity index is 1.92. The molecule has 28 heavy (non-hydrogen) atoms. The lowest BCUT2D eigenvalue weighted by Gasteiger charge is -2.28. The van der Waals surface area contributed by atoms with E-state index in [1.807, 2.05) is 25.1 Å². The Morgan fingerprint density at radius 2 is 1.89 bits per heavy atom. The summed E-state index contributed by atoms with van der Waals surface area (Å²) in [6.07, 6.45) is 0. The average molecular weight is 450 g/mol. The number of hydrogen-bond acceptors (Lipinski definition) is 3. The number of carbonyl (C=O) groups excluding carboxylic acids is 2. The van der Waals surface area contributed by atoms with Gasteiger partial charge in [-0.3, -0.25) is 14.5 Å². The Hall–Kier alpha value is -2.25. The van der Waals surface area contributed by atoms with Gasteiger partial charge in [-0.25, -0.2) is 4.39 Å². The van der Waals surface area contributed by atoms with Crippen LogP contribution in [0.2, 0.25) is 0 Å². The van der Waals surface area contributed by atoms with Gasteiger partial charge in [-0.15, -0.1) is 0 Å². The largest absolute Gasteiger partial charge is 0.340 e. The summed E-state index contributed by atoms with van der Waals surface area (Å²) in [5, 5.41) is 2.87. The molecule has 7 heteroatoms. The van der Waals surface area contributed by atoms with Crippen molar-refractivity contribution in [3.8, 4) is 0 Å². The molecule has 1 N–H and O–H groups in total. The number of hydrogen-bond donors (Lipinski definition) is 1. The van der Waals surface area contributed by atoms with Crippen LogP contribution in [-0.2, 0) is 16.1 Å². The zero-order valence-corrected chi connectivity index (χ0v) is 18.1. The van der Waals surface area contributed by atoms with E-state index in [9.17, 15) is 14.0 Å². The minimum Gasteiger partial charge on any atom is -0.340 e. The minimum absolute atomic E-state index is 0.0796. The Morgan fingerprint density at radius 3 is 2.54 bits per heavy atom. The molecule has 2 aromatic carbocycles. The number of nitrogens with one attached hydrogen (secondary N) is 1. The molecule has 0 spiro atoms. The highest BCUT2D eigenvalue weighted by Gasteiger charge is 2.23. The molecule has 0 fully saturated rings. The SMILES string of the molecule is Cc1cc(Br)ccc1NC(=O)CN(C)[C@H](C)C(=O)N(C)Cc1cccc(F)c1. The number of anilines is 1. The van der Waals surface area contributed by atoms with E-state index in [4.69, 9.17) is 0 Å². The van der Waals surface area contributed by atoms with Crippen LogP contribution in [0.1, 0.15) is 18.1 Å². The molecule has 2 amide bonds. The third-order valence-corrected chi connectivity index (χ3v) is 5.05. The molecular formula is C21H25BrFN3O2. The lowest BCUT2D eigenvalue weighted by Crippen LogP contribution is -2.46. The summed E-state index contributed by atoms with van der Waals surface area (Å²) in [5.41, 5.74) is 2.40. The Morgan fingerprint density at radius 1 is 1.18 bits per heavy atom. The van der Waals surface area contributed by atoms with Gasteiger partial charge in [-0.2, -0.15) is 0 Å². The van der Waals surface area contributed by atoms with Crippen LogP contribution >= 0.6 is 15.9 Å². The van der Waals surface area contributed by atoms with Crippen molar-refractivity contribution in [1.29, 1.82) is 0 Å². The molecule has 2 rings (SSSR count). The van der Waals surface area contributed by atoms with Gasteiger partial charge in [0.05, 0.1) is 12.6 Å². The number of likely N-dealkylation sites (N-methyl/N-ethyl adjacent to an activating group) is 2. The van der Waals surface area contributed by atoms with Crippen molar-refractivity contribution in [3.05, 3.63) is 63.9 Å². The first-order chi connectivity index (χ1) is 13.2. The van der Waals surface area contributed by atoms with Gasteiger partial charge in [-0.05, 0) is 62.4 Å². The van der Waals surface area contributed by atoms with Crippen molar-refractivity contribution < 1.29 is 14.0 Å². The van der Waals surface area contributed by atoms with Crippen molar-refractivity contribution in [3.63, 3.8) is 0 Å². The first-order valence-electron chi connectivity index (χ1n) is 8.93. The first kappa shape index (κ1) is 22.0. The molecule has 0 heterocycles. The number of carbonyl (C=O) groups is 2. The lowest BCUT2D eigenvalue weighted by molar-refractivity contribution is -0.135. The molecule has 0 radical (unpaired) electrons. The fraction of sp³-hybridized carbons (Fsp3) is 0.333. The van der Waals surface area contributed by atoms with Gasteiger partial charge in [-0.1, -0.05) is 28.1 Å². The van der Waals surface area contributed by atoms with Crippen LogP contribution in [0.3, 0.4) is 0 Å². The van der Waals surface area contributed by atoms with E-state index in [-0.39, 0.29) is 24.2 Å². The summed E-state index contributed by atoms with van der Waals surface area (Å²) in [5.74, 6) is -0.664. The molecule has 5 nitrogen and oxygen atoms in total. The van der Waals surface area contributed by atoms with Gasteiger partial charge in [0.15, 0.2) is 0 Å². The standard InChI is InChI=1S/C21H25BrFN3O2/c1-14-10-17(22)8-9-19(14)24-20(27)13-25(3)15(2)21(28)26(4)12-16-6-5-7-18(23)11-16/h5-11,15H,12-13H2,1-4H3,(H,24,27)/t15-/m1/s1. The third-order valence-electron chi connectivity index (χ3n) is 4.56. The van der Waals surface area contributed by atoms with E-state index in [1.165, 1.54) is 17.0 Å². The highest BCUT2D eigenvalue weighted by atomic mass is 79.9. The average Bonchev–Trinajstić information content (AvgIpc) is 2.62. The van der Waals surface area contributed by atoms with Gasteiger partial charge < -0.3 is 10.2 Å².